The minimum atomic E-state index is -0.500. The Morgan fingerprint density at radius 3 is 2.52 bits per heavy atom. The Morgan fingerprint density at radius 1 is 1.33 bits per heavy atom. The molecule has 0 aliphatic carbocycles. The Hall–Kier alpha value is -1.38. The van der Waals surface area contributed by atoms with Crippen molar-refractivity contribution in [1.82, 2.24) is 14.2 Å². The van der Waals surface area contributed by atoms with Gasteiger partial charge in [-0.05, 0) is 17.5 Å². The Morgan fingerprint density at radius 2 is 2.00 bits per heavy atom. The molecule has 0 unspecified atom stereocenters. The van der Waals surface area contributed by atoms with E-state index >= 15 is 0 Å². The quantitative estimate of drug-likeness (QED) is 0.737. The molecular weight excluding hydrogens is 385 g/mol. The molecule has 0 N–H and O–H groups in total. The zero-order chi connectivity index (χ0) is 15.7. The fourth-order valence-corrected chi connectivity index (χ4v) is 2.29. The Labute approximate surface area is 136 Å². The fraction of sp³-hybridized carbons (Fsp3) is 0.500. The molecule has 0 aliphatic heterocycles. The lowest BCUT2D eigenvalue weighted by Crippen LogP contribution is -2.30. The Bertz CT molecular complexity index is 731. The SMILES string of the molecule is CC(C)c1cc2c(=O)n(CC(=O)OI)nc(C(C)C)n2c1. The van der Waals surface area contributed by atoms with Gasteiger partial charge < -0.3 is 3.07 Å². The summed E-state index contributed by atoms with van der Waals surface area (Å²) in [7, 11) is 0. The van der Waals surface area contributed by atoms with E-state index < -0.39 is 5.97 Å². The highest BCUT2D eigenvalue weighted by molar-refractivity contribution is 14.1. The standard InChI is InChI=1S/C14H18IN3O3/c1-8(2)10-5-11-14(20)18(7-12(19)21-15)16-13(9(3)4)17(11)6-10/h5-6,8-9H,7H2,1-4H3. The lowest BCUT2D eigenvalue weighted by molar-refractivity contribution is -0.132. The molecule has 0 aliphatic rings. The molecule has 0 spiro atoms. The molecule has 2 aromatic heterocycles. The number of nitrogens with zero attached hydrogens (tertiary/aromatic N) is 3. The van der Waals surface area contributed by atoms with E-state index in [-0.39, 0.29) is 18.0 Å². The van der Waals surface area contributed by atoms with Crippen LogP contribution >= 0.6 is 23.0 Å². The summed E-state index contributed by atoms with van der Waals surface area (Å²) in [6, 6.07) is 1.87. The first-order valence-electron chi connectivity index (χ1n) is 6.79. The summed E-state index contributed by atoms with van der Waals surface area (Å²) in [6.45, 7) is 7.97. The number of hydrogen-bond donors (Lipinski definition) is 0. The molecule has 0 bridgehead atoms. The number of carbonyl (C=O) groups is 1. The van der Waals surface area contributed by atoms with Crippen LogP contribution in [0.3, 0.4) is 0 Å². The van der Waals surface area contributed by atoms with Crippen LogP contribution in [0.2, 0.25) is 0 Å². The van der Waals surface area contributed by atoms with Gasteiger partial charge in [-0.2, -0.15) is 5.10 Å². The lowest BCUT2D eigenvalue weighted by atomic mass is 10.1. The van der Waals surface area contributed by atoms with Crippen LogP contribution in [0.4, 0.5) is 0 Å². The summed E-state index contributed by atoms with van der Waals surface area (Å²) >= 11 is 1.51. The van der Waals surface area contributed by atoms with Gasteiger partial charge in [0.15, 0.2) is 23.0 Å². The van der Waals surface area contributed by atoms with Crippen LogP contribution in [0.1, 0.15) is 50.9 Å². The van der Waals surface area contributed by atoms with Gasteiger partial charge in [0.1, 0.15) is 17.9 Å². The minimum Gasteiger partial charge on any atom is -0.393 e. The second-order valence-electron chi connectivity index (χ2n) is 5.61. The van der Waals surface area contributed by atoms with Crippen molar-refractivity contribution in [3.05, 3.63) is 34.0 Å². The van der Waals surface area contributed by atoms with Crippen molar-refractivity contribution in [3.63, 3.8) is 0 Å². The van der Waals surface area contributed by atoms with Gasteiger partial charge in [0, 0.05) is 12.1 Å². The molecule has 0 radical (unpaired) electrons. The third kappa shape index (κ3) is 3.12. The zero-order valence-electron chi connectivity index (χ0n) is 12.5. The van der Waals surface area contributed by atoms with Gasteiger partial charge in [0.25, 0.3) is 5.56 Å². The van der Waals surface area contributed by atoms with Crippen LogP contribution < -0.4 is 5.56 Å². The van der Waals surface area contributed by atoms with Gasteiger partial charge in [-0.15, -0.1) is 0 Å². The van der Waals surface area contributed by atoms with Crippen LogP contribution in [0.15, 0.2) is 17.1 Å². The van der Waals surface area contributed by atoms with E-state index in [1.165, 1.54) is 27.7 Å². The molecule has 0 saturated carbocycles. The number of fused-ring (bicyclic) bond motifs is 1. The molecule has 2 heterocycles. The van der Waals surface area contributed by atoms with E-state index in [0.717, 1.165) is 11.4 Å². The molecule has 0 aromatic carbocycles. The van der Waals surface area contributed by atoms with Crippen LogP contribution in [0.5, 0.6) is 0 Å². The molecule has 21 heavy (non-hydrogen) atoms. The van der Waals surface area contributed by atoms with Crippen molar-refractivity contribution in [3.8, 4) is 0 Å². The van der Waals surface area contributed by atoms with Gasteiger partial charge in [-0.1, -0.05) is 27.7 Å². The van der Waals surface area contributed by atoms with E-state index in [9.17, 15) is 9.59 Å². The molecule has 114 valence electrons. The summed E-state index contributed by atoms with van der Waals surface area (Å²) in [4.78, 5) is 23.9. The number of hydrogen-bond acceptors (Lipinski definition) is 4. The Kier molecular flexibility index (Phi) is 4.70. The number of rotatable bonds is 4. The van der Waals surface area contributed by atoms with Gasteiger partial charge in [-0.3, -0.25) is 9.20 Å². The maximum Gasteiger partial charge on any atom is 0.337 e. The normalized spacial score (nSPS) is 11.6. The highest BCUT2D eigenvalue weighted by Gasteiger charge is 2.17. The van der Waals surface area contributed by atoms with Gasteiger partial charge >= 0.3 is 5.97 Å². The van der Waals surface area contributed by atoms with E-state index in [0.29, 0.717) is 11.4 Å². The molecular formula is C14H18IN3O3. The summed E-state index contributed by atoms with van der Waals surface area (Å²) < 4.78 is 7.59. The lowest BCUT2D eigenvalue weighted by Gasteiger charge is -2.11. The molecule has 7 heteroatoms. The van der Waals surface area contributed by atoms with Crippen molar-refractivity contribution in [1.29, 1.82) is 0 Å². The van der Waals surface area contributed by atoms with Gasteiger partial charge in [-0.25, -0.2) is 9.48 Å². The smallest absolute Gasteiger partial charge is 0.337 e. The van der Waals surface area contributed by atoms with E-state index in [2.05, 4.69) is 22.0 Å². The first kappa shape index (κ1) is 16.0. The third-order valence-corrected chi connectivity index (χ3v) is 3.80. The number of aromatic nitrogens is 3. The predicted molar refractivity (Wildman–Crippen MR) is 87.7 cm³/mol. The van der Waals surface area contributed by atoms with Gasteiger partial charge in [0.2, 0.25) is 0 Å². The Balaban J connectivity index is 2.70. The maximum atomic E-state index is 12.5. The van der Waals surface area contributed by atoms with E-state index in [4.69, 9.17) is 0 Å². The van der Waals surface area contributed by atoms with Gasteiger partial charge in [0.05, 0.1) is 0 Å². The summed E-state index contributed by atoms with van der Waals surface area (Å²) in [5.41, 5.74) is 1.33. The predicted octanol–water partition coefficient (Wildman–Crippen LogP) is 2.64. The van der Waals surface area contributed by atoms with Crippen molar-refractivity contribution in [2.45, 2.75) is 46.1 Å². The topological polar surface area (TPSA) is 65.6 Å². The van der Waals surface area contributed by atoms with Crippen molar-refractivity contribution in [2.75, 3.05) is 0 Å². The largest absolute Gasteiger partial charge is 0.393 e. The summed E-state index contributed by atoms with van der Waals surface area (Å²) in [5.74, 6) is 0.692. The van der Waals surface area contributed by atoms with Crippen LogP contribution in [-0.4, -0.2) is 20.2 Å². The fourth-order valence-electron chi connectivity index (χ4n) is 2.15. The highest BCUT2D eigenvalue weighted by atomic mass is 127. The number of halogens is 1. The molecule has 2 aromatic rings. The van der Waals surface area contributed by atoms with E-state index in [1.54, 1.807) is 0 Å². The van der Waals surface area contributed by atoms with Crippen LogP contribution in [-0.2, 0) is 14.4 Å². The summed E-state index contributed by atoms with van der Waals surface area (Å²) in [6.07, 6.45) is 1.95. The summed E-state index contributed by atoms with van der Waals surface area (Å²) in [5, 5.41) is 4.32. The van der Waals surface area contributed by atoms with Crippen LogP contribution in [0.25, 0.3) is 5.52 Å². The van der Waals surface area contributed by atoms with E-state index in [1.807, 2.05) is 30.5 Å². The molecule has 0 amide bonds. The molecule has 0 fully saturated rings. The molecule has 0 atom stereocenters. The second kappa shape index (κ2) is 6.17. The maximum absolute atomic E-state index is 12.5. The minimum absolute atomic E-state index is 0.127. The highest BCUT2D eigenvalue weighted by Crippen LogP contribution is 2.20. The monoisotopic (exact) mass is 403 g/mol. The zero-order valence-corrected chi connectivity index (χ0v) is 14.6. The first-order chi connectivity index (χ1) is 9.85. The van der Waals surface area contributed by atoms with Crippen molar-refractivity contribution < 1.29 is 7.86 Å². The second-order valence-corrected chi connectivity index (χ2v) is 6.05. The average Bonchev–Trinajstić information content (AvgIpc) is 2.86. The first-order valence-corrected chi connectivity index (χ1v) is 7.67. The van der Waals surface area contributed by atoms with Crippen LogP contribution in [0, 0.1) is 0 Å². The van der Waals surface area contributed by atoms with Crippen molar-refractivity contribution in [2.24, 2.45) is 0 Å². The third-order valence-electron chi connectivity index (χ3n) is 3.31. The van der Waals surface area contributed by atoms with Crippen molar-refractivity contribution >= 4 is 34.5 Å². The average molecular weight is 403 g/mol. The number of carbonyl (C=O) groups excluding carboxylic acids is 1. The molecule has 6 nitrogen and oxygen atoms in total. The molecule has 2 rings (SSSR count). The molecule has 0 saturated heterocycles.